The van der Waals surface area contributed by atoms with Crippen LogP contribution in [0.5, 0.6) is 5.75 Å². The number of nitrogens with zero attached hydrogens (tertiary/aromatic N) is 1. The van der Waals surface area contributed by atoms with Crippen molar-refractivity contribution in [1.29, 1.82) is 0 Å². The lowest BCUT2D eigenvalue weighted by Crippen LogP contribution is -2.60. The average Bonchev–Trinajstić information content (AvgIpc) is 2.84. The number of hydrogen-bond donors (Lipinski definition) is 2. The van der Waals surface area contributed by atoms with Gasteiger partial charge in [-0.15, -0.1) is 0 Å². The van der Waals surface area contributed by atoms with Gasteiger partial charge in [0.15, 0.2) is 5.11 Å². The minimum absolute atomic E-state index is 0.0756. The maximum absolute atomic E-state index is 12.4. The molecule has 8 nitrogen and oxygen atoms in total. The van der Waals surface area contributed by atoms with E-state index in [0.29, 0.717) is 25.3 Å². The summed E-state index contributed by atoms with van der Waals surface area (Å²) in [6.07, 6.45) is 3.36. The Morgan fingerprint density at radius 2 is 1.91 bits per heavy atom. The van der Waals surface area contributed by atoms with Crippen LogP contribution in [0.3, 0.4) is 0 Å². The van der Waals surface area contributed by atoms with Crippen LogP contribution >= 0.6 is 12.2 Å². The van der Waals surface area contributed by atoms with Gasteiger partial charge in [0.05, 0.1) is 20.1 Å². The standard InChI is InChI=1S/C25H27N3O5S/c1-32-21-10-6-5-9-19(21)11-12-22(29)27-25(34)28-15-14-26-24(31)20(28)17-23(30)33-16-13-18-7-3-2-4-8-18/h2-12,20H,13-17H2,1H3,(H,26,31)(H,27,29,34). The molecule has 2 aromatic carbocycles. The summed E-state index contributed by atoms with van der Waals surface area (Å²) in [7, 11) is 1.55. The van der Waals surface area contributed by atoms with Gasteiger partial charge in [0, 0.05) is 31.1 Å². The number of para-hydroxylation sites is 1. The van der Waals surface area contributed by atoms with E-state index < -0.39 is 17.9 Å². The van der Waals surface area contributed by atoms with Gasteiger partial charge in [0.2, 0.25) is 11.8 Å². The Morgan fingerprint density at radius 1 is 1.18 bits per heavy atom. The number of thiocarbonyl (C=S) groups is 1. The van der Waals surface area contributed by atoms with Crippen LogP contribution in [-0.4, -0.2) is 60.6 Å². The normalized spacial score (nSPS) is 15.5. The Morgan fingerprint density at radius 3 is 2.68 bits per heavy atom. The van der Waals surface area contributed by atoms with Crippen LogP contribution in [0.25, 0.3) is 6.08 Å². The number of nitrogens with one attached hydrogen (secondary N) is 2. The largest absolute Gasteiger partial charge is 0.496 e. The van der Waals surface area contributed by atoms with Crippen LogP contribution in [0, 0.1) is 0 Å². The van der Waals surface area contributed by atoms with E-state index in [9.17, 15) is 14.4 Å². The van der Waals surface area contributed by atoms with Gasteiger partial charge < -0.3 is 19.7 Å². The molecule has 1 fully saturated rings. The van der Waals surface area contributed by atoms with Crippen molar-refractivity contribution in [1.82, 2.24) is 15.5 Å². The van der Waals surface area contributed by atoms with Gasteiger partial charge in [-0.2, -0.15) is 0 Å². The minimum atomic E-state index is -0.857. The predicted octanol–water partition coefficient (Wildman–Crippen LogP) is 2.09. The Kier molecular flexibility index (Phi) is 9.16. The molecule has 0 aliphatic carbocycles. The third-order valence-electron chi connectivity index (χ3n) is 5.23. The molecule has 34 heavy (non-hydrogen) atoms. The third-order valence-corrected chi connectivity index (χ3v) is 5.57. The first-order valence-corrected chi connectivity index (χ1v) is 11.3. The van der Waals surface area contributed by atoms with E-state index in [1.165, 1.54) is 6.08 Å². The number of carbonyl (C=O) groups excluding carboxylic acids is 3. The van der Waals surface area contributed by atoms with E-state index in [4.69, 9.17) is 21.7 Å². The summed E-state index contributed by atoms with van der Waals surface area (Å²) in [5.41, 5.74) is 1.79. The highest BCUT2D eigenvalue weighted by molar-refractivity contribution is 7.80. The molecule has 2 aromatic rings. The van der Waals surface area contributed by atoms with Crippen LogP contribution in [0.15, 0.2) is 60.7 Å². The SMILES string of the molecule is COc1ccccc1C=CC(=O)NC(=S)N1CCNC(=O)C1CC(=O)OCCc1ccccc1. The molecule has 2 N–H and O–H groups in total. The van der Waals surface area contributed by atoms with Gasteiger partial charge in [-0.25, -0.2) is 0 Å². The van der Waals surface area contributed by atoms with E-state index in [0.717, 1.165) is 11.1 Å². The lowest BCUT2D eigenvalue weighted by molar-refractivity contribution is -0.147. The molecule has 9 heteroatoms. The Bertz CT molecular complexity index is 1060. The predicted molar refractivity (Wildman–Crippen MR) is 132 cm³/mol. The smallest absolute Gasteiger partial charge is 0.308 e. The number of ether oxygens (including phenoxy) is 2. The number of piperazine rings is 1. The van der Waals surface area contributed by atoms with Crippen molar-refractivity contribution in [2.45, 2.75) is 18.9 Å². The zero-order valence-corrected chi connectivity index (χ0v) is 19.7. The Labute approximate surface area is 203 Å². The maximum atomic E-state index is 12.4. The fourth-order valence-corrected chi connectivity index (χ4v) is 3.81. The van der Waals surface area contributed by atoms with Crippen molar-refractivity contribution in [2.75, 3.05) is 26.8 Å². The first-order valence-electron chi connectivity index (χ1n) is 10.9. The summed E-state index contributed by atoms with van der Waals surface area (Å²) >= 11 is 5.37. The summed E-state index contributed by atoms with van der Waals surface area (Å²) < 4.78 is 10.6. The van der Waals surface area contributed by atoms with Crippen LogP contribution < -0.4 is 15.4 Å². The zero-order chi connectivity index (χ0) is 24.3. The van der Waals surface area contributed by atoms with Crippen molar-refractivity contribution in [3.05, 3.63) is 71.8 Å². The van der Waals surface area contributed by atoms with Crippen molar-refractivity contribution in [2.24, 2.45) is 0 Å². The molecule has 2 amide bonds. The van der Waals surface area contributed by atoms with Gasteiger partial charge in [0.1, 0.15) is 11.8 Å². The fraction of sp³-hybridized carbons (Fsp3) is 0.280. The number of benzene rings is 2. The van der Waals surface area contributed by atoms with Gasteiger partial charge in [0.25, 0.3) is 0 Å². The second-order valence-electron chi connectivity index (χ2n) is 7.53. The lowest BCUT2D eigenvalue weighted by Gasteiger charge is -2.36. The zero-order valence-electron chi connectivity index (χ0n) is 18.9. The highest BCUT2D eigenvalue weighted by atomic mass is 32.1. The van der Waals surface area contributed by atoms with Crippen LogP contribution in [0.4, 0.5) is 0 Å². The Balaban J connectivity index is 1.55. The molecular weight excluding hydrogens is 454 g/mol. The van der Waals surface area contributed by atoms with E-state index in [-0.39, 0.29) is 24.0 Å². The summed E-state index contributed by atoms with van der Waals surface area (Å²) in [5, 5.41) is 5.41. The molecule has 0 bridgehead atoms. The van der Waals surface area contributed by atoms with Crippen LogP contribution in [-0.2, 0) is 25.5 Å². The molecule has 178 valence electrons. The van der Waals surface area contributed by atoms with Gasteiger partial charge in [-0.1, -0.05) is 48.5 Å². The molecule has 1 aliphatic heterocycles. The van der Waals surface area contributed by atoms with E-state index in [1.54, 1.807) is 24.2 Å². The van der Waals surface area contributed by atoms with Crippen molar-refractivity contribution >= 4 is 41.2 Å². The summed E-state index contributed by atoms with van der Waals surface area (Å²) in [6.45, 7) is 0.931. The number of amides is 2. The van der Waals surface area contributed by atoms with E-state index in [2.05, 4.69) is 10.6 Å². The quantitative estimate of drug-likeness (QED) is 0.339. The average molecular weight is 482 g/mol. The van der Waals surface area contributed by atoms with Crippen molar-refractivity contribution in [3.63, 3.8) is 0 Å². The number of esters is 1. The third kappa shape index (κ3) is 7.14. The molecular formula is C25H27N3O5S. The Hall–Kier alpha value is -3.72. The first kappa shape index (κ1) is 24.9. The molecule has 1 unspecified atom stereocenters. The summed E-state index contributed by atoms with van der Waals surface area (Å²) in [6, 6.07) is 16.1. The van der Waals surface area contributed by atoms with Gasteiger partial charge in [-0.05, 0) is 29.9 Å². The molecule has 1 atom stereocenters. The first-order chi connectivity index (χ1) is 16.5. The monoisotopic (exact) mass is 481 g/mol. The fourth-order valence-electron chi connectivity index (χ4n) is 3.49. The van der Waals surface area contributed by atoms with Gasteiger partial charge >= 0.3 is 5.97 Å². The molecule has 1 saturated heterocycles. The lowest BCUT2D eigenvalue weighted by atomic mass is 10.1. The molecule has 0 radical (unpaired) electrons. The van der Waals surface area contributed by atoms with E-state index >= 15 is 0 Å². The van der Waals surface area contributed by atoms with Crippen molar-refractivity contribution < 1.29 is 23.9 Å². The topological polar surface area (TPSA) is 97.0 Å². The molecule has 0 saturated carbocycles. The molecule has 1 aliphatic rings. The number of methoxy groups -OCH3 is 1. The highest BCUT2D eigenvalue weighted by Crippen LogP contribution is 2.18. The van der Waals surface area contributed by atoms with Gasteiger partial charge in [-0.3, -0.25) is 19.7 Å². The second kappa shape index (κ2) is 12.5. The summed E-state index contributed by atoms with van der Waals surface area (Å²) in [4.78, 5) is 38.8. The van der Waals surface area contributed by atoms with Crippen LogP contribution in [0.2, 0.25) is 0 Å². The molecule has 0 aromatic heterocycles. The van der Waals surface area contributed by atoms with Crippen molar-refractivity contribution in [3.8, 4) is 5.75 Å². The number of carbonyl (C=O) groups is 3. The molecule has 1 heterocycles. The second-order valence-corrected chi connectivity index (χ2v) is 7.92. The molecule has 0 spiro atoms. The number of rotatable bonds is 8. The highest BCUT2D eigenvalue weighted by Gasteiger charge is 2.34. The molecule has 3 rings (SSSR count). The van der Waals surface area contributed by atoms with E-state index in [1.807, 2.05) is 48.5 Å². The maximum Gasteiger partial charge on any atom is 0.308 e. The minimum Gasteiger partial charge on any atom is -0.496 e. The summed E-state index contributed by atoms with van der Waals surface area (Å²) in [5.74, 6) is -0.667. The number of hydrogen-bond acceptors (Lipinski definition) is 6. The van der Waals surface area contributed by atoms with Crippen LogP contribution in [0.1, 0.15) is 17.5 Å².